The average Bonchev–Trinajstić information content (AvgIpc) is 2.86. The molecule has 1 amide bonds. The first-order chi connectivity index (χ1) is 16.5. The van der Waals surface area contributed by atoms with E-state index in [0.29, 0.717) is 6.61 Å². The number of amides is 1. The highest BCUT2D eigenvalue weighted by atomic mass is 16.5. The Bertz CT molecular complexity index is 944. The number of hydrogen-bond donors (Lipinski definition) is 1. The number of carbonyl (C=O) groups excluding carboxylic acids is 1. The first kappa shape index (κ1) is 24.7. The van der Waals surface area contributed by atoms with Crippen molar-refractivity contribution >= 4 is 5.91 Å². The summed E-state index contributed by atoms with van der Waals surface area (Å²) >= 11 is 0. The van der Waals surface area contributed by atoms with Gasteiger partial charge in [0.15, 0.2) is 0 Å². The number of rotatable bonds is 8. The molecule has 0 spiro atoms. The van der Waals surface area contributed by atoms with E-state index in [-0.39, 0.29) is 23.5 Å². The van der Waals surface area contributed by atoms with Gasteiger partial charge in [-0.2, -0.15) is 0 Å². The highest BCUT2D eigenvalue weighted by molar-refractivity contribution is 5.83. The molecular weight excluding hydrogens is 424 g/mol. The Morgan fingerprint density at radius 2 is 1.79 bits per heavy atom. The number of methoxy groups -OCH3 is 1. The monoisotopic (exact) mass is 464 g/mol. The van der Waals surface area contributed by atoms with Crippen LogP contribution in [-0.2, 0) is 16.0 Å². The van der Waals surface area contributed by atoms with Crippen LogP contribution in [0, 0.1) is 5.41 Å². The smallest absolute Gasteiger partial charge is 0.226 e. The Hall–Kier alpha value is -2.37. The van der Waals surface area contributed by atoms with Gasteiger partial charge in [-0.15, -0.1) is 0 Å². The van der Waals surface area contributed by atoms with Gasteiger partial charge in [-0.3, -0.25) is 4.79 Å². The van der Waals surface area contributed by atoms with Gasteiger partial charge in [-0.1, -0.05) is 42.5 Å². The standard InChI is InChI=1S/C29H40N2O3/c1-4-34-27-11-6-5-10-26(27)23-9-7-8-22(20-23)21-29(16-12-25(33-3)13-17-29)28(32)30-24-14-18-31(2)19-15-24/h5-11,20,24-25H,4,12-19,21H2,1-3H3,(H,30,32). The molecule has 5 heteroatoms. The van der Waals surface area contributed by atoms with Crippen LogP contribution in [0.2, 0.25) is 0 Å². The Balaban J connectivity index is 1.56. The van der Waals surface area contributed by atoms with Crippen molar-refractivity contribution in [1.82, 2.24) is 10.2 Å². The number of piperidine rings is 1. The van der Waals surface area contributed by atoms with Gasteiger partial charge in [0.2, 0.25) is 5.91 Å². The number of benzene rings is 2. The minimum absolute atomic E-state index is 0.233. The average molecular weight is 465 g/mol. The van der Waals surface area contributed by atoms with E-state index in [0.717, 1.165) is 74.9 Å². The third-order valence-electron chi connectivity index (χ3n) is 7.73. The molecule has 184 valence electrons. The molecule has 0 radical (unpaired) electrons. The second-order valence-electron chi connectivity index (χ2n) is 10.1. The summed E-state index contributed by atoms with van der Waals surface area (Å²) in [5.41, 5.74) is 3.06. The van der Waals surface area contributed by atoms with E-state index in [1.165, 1.54) is 5.56 Å². The number of para-hydroxylation sites is 1. The molecule has 34 heavy (non-hydrogen) atoms. The van der Waals surface area contributed by atoms with Gasteiger partial charge < -0.3 is 19.7 Å². The van der Waals surface area contributed by atoms with Gasteiger partial charge in [0, 0.05) is 18.7 Å². The summed E-state index contributed by atoms with van der Waals surface area (Å²) in [5.74, 6) is 1.13. The van der Waals surface area contributed by atoms with Crippen LogP contribution in [0.25, 0.3) is 11.1 Å². The number of likely N-dealkylation sites (tertiary alicyclic amines) is 1. The van der Waals surface area contributed by atoms with Gasteiger partial charge in [-0.05, 0) is 89.2 Å². The normalized spacial score (nSPS) is 24.0. The zero-order valence-electron chi connectivity index (χ0n) is 21.0. The van der Waals surface area contributed by atoms with E-state index in [9.17, 15) is 4.79 Å². The van der Waals surface area contributed by atoms with Crippen molar-refractivity contribution in [3.63, 3.8) is 0 Å². The van der Waals surface area contributed by atoms with E-state index in [1.807, 2.05) is 25.1 Å². The Morgan fingerprint density at radius 3 is 2.50 bits per heavy atom. The highest BCUT2D eigenvalue weighted by Gasteiger charge is 2.42. The van der Waals surface area contributed by atoms with Crippen molar-refractivity contribution in [3.8, 4) is 16.9 Å². The fraction of sp³-hybridized carbons (Fsp3) is 0.552. The lowest BCUT2D eigenvalue weighted by Crippen LogP contribution is -2.51. The Morgan fingerprint density at radius 1 is 1.06 bits per heavy atom. The van der Waals surface area contributed by atoms with Crippen molar-refractivity contribution in [2.45, 2.75) is 64.0 Å². The molecule has 2 aliphatic rings. The zero-order chi connectivity index (χ0) is 24.0. The highest BCUT2D eigenvalue weighted by Crippen LogP contribution is 2.41. The molecule has 1 heterocycles. The summed E-state index contributed by atoms with van der Waals surface area (Å²) in [7, 11) is 3.94. The molecule has 4 rings (SSSR count). The largest absolute Gasteiger partial charge is 0.493 e. The van der Waals surface area contributed by atoms with Gasteiger partial charge >= 0.3 is 0 Å². The fourth-order valence-electron chi connectivity index (χ4n) is 5.58. The minimum atomic E-state index is -0.379. The van der Waals surface area contributed by atoms with Crippen molar-refractivity contribution in [1.29, 1.82) is 0 Å². The van der Waals surface area contributed by atoms with Crippen LogP contribution in [0.4, 0.5) is 0 Å². The van der Waals surface area contributed by atoms with Gasteiger partial charge in [-0.25, -0.2) is 0 Å². The second kappa shape index (κ2) is 11.4. The number of carbonyl (C=O) groups is 1. The van der Waals surface area contributed by atoms with Gasteiger partial charge in [0.05, 0.1) is 18.1 Å². The van der Waals surface area contributed by atoms with Gasteiger partial charge in [0.1, 0.15) is 5.75 Å². The third kappa shape index (κ3) is 5.81. The lowest BCUT2D eigenvalue weighted by Gasteiger charge is -2.40. The lowest BCUT2D eigenvalue weighted by atomic mass is 9.68. The molecule has 1 aliphatic heterocycles. The first-order valence-corrected chi connectivity index (χ1v) is 12.9. The molecule has 1 N–H and O–H groups in total. The van der Waals surface area contributed by atoms with Crippen molar-refractivity contribution in [3.05, 3.63) is 54.1 Å². The molecule has 0 bridgehead atoms. The number of hydrogen-bond acceptors (Lipinski definition) is 4. The van der Waals surface area contributed by atoms with Gasteiger partial charge in [0.25, 0.3) is 0 Å². The minimum Gasteiger partial charge on any atom is -0.493 e. The molecule has 1 saturated heterocycles. The summed E-state index contributed by atoms with van der Waals surface area (Å²) in [4.78, 5) is 16.1. The molecule has 5 nitrogen and oxygen atoms in total. The maximum Gasteiger partial charge on any atom is 0.226 e. The molecule has 2 aromatic carbocycles. The van der Waals surface area contributed by atoms with E-state index in [2.05, 4.69) is 47.6 Å². The number of ether oxygens (including phenoxy) is 2. The van der Waals surface area contributed by atoms with Crippen LogP contribution in [0.1, 0.15) is 51.0 Å². The van der Waals surface area contributed by atoms with Crippen molar-refractivity contribution < 1.29 is 14.3 Å². The quantitative estimate of drug-likeness (QED) is 0.592. The molecule has 0 aromatic heterocycles. The van der Waals surface area contributed by atoms with Crippen LogP contribution in [0.3, 0.4) is 0 Å². The van der Waals surface area contributed by atoms with E-state index in [4.69, 9.17) is 9.47 Å². The van der Waals surface area contributed by atoms with Crippen LogP contribution >= 0.6 is 0 Å². The molecule has 0 unspecified atom stereocenters. The van der Waals surface area contributed by atoms with Crippen LogP contribution in [0.5, 0.6) is 5.75 Å². The predicted molar refractivity (Wildman–Crippen MR) is 137 cm³/mol. The first-order valence-electron chi connectivity index (χ1n) is 12.9. The fourth-order valence-corrected chi connectivity index (χ4v) is 5.58. The SMILES string of the molecule is CCOc1ccccc1-c1cccc(CC2(C(=O)NC3CCN(C)CC3)CCC(OC)CC2)c1. The van der Waals surface area contributed by atoms with Crippen LogP contribution in [-0.4, -0.2) is 56.8 Å². The molecule has 2 fully saturated rings. The summed E-state index contributed by atoms with van der Waals surface area (Å²) in [6, 6.07) is 17.1. The Kier molecular flexibility index (Phi) is 8.28. The van der Waals surface area contributed by atoms with E-state index in [1.54, 1.807) is 7.11 Å². The van der Waals surface area contributed by atoms with E-state index < -0.39 is 0 Å². The summed E-state index contributed by atoms with van der Waals surface area (Å²) in [5, 5.41) is 3.45. The van der Waals surface area contributed by atoms with Crippen molar-refractivity contribution in [2.24, 2.45) is 5.41 Å². The van der Waals surface area contributed by atoms with E-state index >= 15 is 0 Å². The predicted octanol–water partition coefficient (Wildman–Crippen LogP) is 5.08. The number of nitrogens with one attached hydrogen (secondary N) is 1. The maximum atomic E-state index is 13.8. The zero-order valence-corrected chi connectivity index (χ0v) is 21.0. The summed E-state index contributed by atoms with van der Waals surface area (Å²) in [6.07, 6.45) is 6.67. The number of nitrogens with zero attached hydrogens (tertiary/aromatic N) is 1. The molecule has 0 atom stereocenters. The summed E-state index contributed by atoms with van der Waals surface area (Å²) in [6.45, 7) is 4.74. The molecule has 1 saturated carbocycles. The molecule has 2 aromatic rings. The second-order valence-corrected chi connectivity index (χ2v) is 10.1. The summed E-state index contributed by atoms with van der Waals surface area (Å²) < 4.78 is 11.5. The maximum absolute atomic E-state index is 13.8. The molecular formula is C29H40N2O3. The van der Waals surface area contributed by atoms with Crippen molar-refractivity contribution in [2.75, 3.05) is 33.9 Å². The lowest BCUT2D eigenvalue weighted by molar-refractivity contribution is -0.135. The Labute approximate surface area is 204 Å². The topological polar surface area (TPSA) is 50.8 Å². The molecule has 1 aliphatic carbocycles. The third-order valence-corrected chi connectivity index (χ3v) is 7.73. The van der Waals surface area contributed by atoms with Crippen LogP contribution < -0.4 is 10.1 Å². The van der Waals surface area contributed by atoms with Crippen LogP contribution in [0.15, 0.2) is 48.5 Å².